The number of benzene rings is 3. The van der Waals surface area contributed by atoms with Crippen molar-refractivity contribution in [2.45, 2.75) is 44.2 Å². The van der Waals surface area contributed by atoms with Crippen molar-refractivity contribution in [1.29, 1.82) is 0 Å². The number of alkyl halides is 1. The van der Waals surface area contributed by atoms with Crippen LogP contribution in [0.2, 0.25) is 5.28 Å². The fraction of sp³-hybridized carbons (Fsp3) is 0.267. The number of hydrogen-bond acceptors (Lipinski definition) is 11. The monoisotopic (exact) mass is 670 g/mol. The van der Waals surface area contributed by atoms with Gasteiger partial charge < -0.3 is 24.8 Å². The SMILES string of the molecule is C[C@H](NP(=O)(OC[C@H]1O[C@@H](n2cnc3c(N)nc(Cl)nc32)C(F)C1O)Oc1cccc2ccccc12)C(=O)OCc1ccccc1. The highest BCUT2D eigenvalue weighted by Crippen LogP contribution is 2.48. The predicted octanol–water partition coefficient (Wildman–Crippen LogP) is 4.74. The van der Waals surface area contributed by atoms with Crippen LogP contribution in [-0.2, 0) is 30.0 Å². The van der Waals surface area contributed by atoms with Crippen molar-refractivity contribution < 1.29 is 37.4 Å². The molecule has 0 amide bonds. The zero-order chi connectivity index (χ0) is 32.4. The normalized spacial score (nSPS) is 21.7. The van der Waals surface area contributed by atoms with Gasteiger partial charge in [-0.25, -0.2) is 13.9 Å². The molecule has 3 heterocycles. The van der Waals surface area contributed by atoms with E-state index in [4.69, 9.17) is 35.9 Å². The zero-order valence-corrected chi connectivity index (χ0v) is 25.9. The molecular formula is C30H29ClFN6O7P. The van der Waals surface area contributed by atoms with Crippen LogP contribution in [0, 0.1) is 0 Å². The minimum absolute atomic E-state index is 0.00682. The number of ether oxygens (including phenoxy) is 2. The van der Waals surface area contributed by atoms with Gasteiger partial charge in [0, 0.05) is 5.39 Å². The van der Waals surface area contributed by atoms with Crippen LogP contribution >= 0.6 is 19.3 Å². The van der Waals surface area contributed by atoms with Crippen LogP contribution in [0.4, 0.5) is 10.2 Å². The van der Waals surface area contributed by atoms with E-state index in [2.05, 4.69) is 20.0 Å². The van der Waals surface area contributed by atoms with Gasteiger partial charge in [0.1, 0.15) is 36.1 Å². The van der Waals surface area contributed by atoms with E-state index in [-0.39, 0.29) is 34.6 Å². The lowest BCUT2D eigenvalue weighted by Gasteiger charge is -2.25. The molecule has 0 spiro atoms. The Kier molecular flexibility index (Phi) is 9.18. The van der Waals surface area contributed by atoms with Gasteiger partial charge in [0.2, 0.25) is 5.28 Å². The molecular weight excluding hydrogens is 642 g/mol. The van der Waals surface area contributed by atoms with E-state index in [1.807, 2.05) is 36.4 Å². The Hall–Kier alpha value is -4.17. The summed E-state index contributed by atoms with van der Waals surface area (Å²) < 4.78 is 53.8. The largest absolute Gasteiger partial charge is 0.460 e. The molecule has 1 aliphatic heterocycles. The minimum Gasteiger partial charge on any atom is -0.460 e. The Morgan fingerprint density at radius 3 is 2.70 bits per heavy atom. The van der Waals surface area contributed by atoms with Crippen LogP contribution in [0.3, 0.4) is 0 Å². The van der Waals surface area contributed by atoms with Crippen LogP contribution in [0.25, 0.3) is 21.9 Å². The lowest BCUT2D eigenvalue weighted by molar-refractivity contribution is -0.146. The number of anilines is 1. The number of nitrogens with two attached hydrogens (primary N) is 1. The van der Waals surface area contributed by atoms with Crippen molar-refractivity contribution in [3.8, 4) is 5.75 Å². The molecule has 6 atom stereocenters. The first-order chi connectivity index (χ1) is 22.1. The van der Waals surface area contributed by atoms with Crippen LogP contribution in [0.15, 0.2) is 79.1 Å². The number of nitrogens with zero attached hydrogens (tertiary/aromatic N) is 4. The van der Waals surface area contributed by atoms with Gasteiger partial charge in [-0.1, -0.05) is 66.7 Å². The first-order valence-electron chi connectivity index (χ1n) is 14.2. The van der Waals surface area contributed by atoms with Gasteiger partial charge in [0.25, 0.3) is 0 Å². The Morgan fingerprint density at radius 1 is 1.15 bits per heavy atom. The van der Waals surface area contributed by atoms with Gasteiger partial charge in [-0.05, 0) is 35.5 Å². The summed E-state index contributed by atoms with van der Waals surface area (Å²) in [7, 11) is -4.42. The fourth-order valence-electron chi connectivity index (χ4n) is 4.97. The van der Waals surface area contributed by atoms with Crippen molar-refractivity contribution in [3.05, 3.63) is 90.0 Å². The summed E-state index contributed by atoms with van der Waals surface area (Å²) in [6.45, 7) is 0.837. The van der Waals surface area contributed by atoms with Crippen LogP contribution in [0.1, 0.15) is 18.7 Å². The number of nitrogen functional groups attached to an aromatic ring is 1. The summed E-state index contributed by atoms with van der Waals surface area (Å²) in [5.41, 5.74) is 6.88. The maximum atomic E-state index is 15.4. The van der Waals surface area contributed by atoms with Crippen molar-refractivity contribution in [1.82, 2.24) is 24.6 Å². The lowest BCUT2D eigenvalue weighted by atomic mass is 10.1. The summed E-state index contributed by atoms with van der Waals surface area (Å²) in [6, 6.07) is 20.3. The second-order valence-electron chi connectivity index (χ2n) is 10.5. The number of rotatable bonds is 11. The molecule has 0 aliphatic carbocycles. The molecule has 2 aromatic heterocycles. The number of halogens is 2. The third kappa shape index (κ3) is 6.68. The molecule has 3 aromatic carbocycles. The number of aliphatic hydroxyl groups excluding tert-OH is 1. The van der Waals surface area contributed by atoms with Crippen molar-refractivity contribution in [3.63, 3.8) is 0 Å². The molecule has 1 aliphatic rings. The molecule has 6 rings (SSSR count). The topological polar surface area (TPSA) is 173 Å². The maximum Gasteiger partial charge on any atom is 0.459 e. The van der Waals surface area contributed by atoms with Gasteiger partial charge in [-0.15, -0.1) is 0 Å². The van der Waals surface area contributed by atoms with Gasteiger partial charge >= 0.3 is 13.7 Å². The average Bonchev–Trinajstić information content (AvgIpc) is 3.59. The van der Waals surface area contributed by atoms with E-state index in [9.17, 15) is 14.5 Å². The number of fused-ring (bicyclic) bond motifs is 2. The quantitative estimate of drug-likeness (QED) is 0.100. The van der Waals surface area contributed by atoms with Crippen molar-refractivity contribution in [2.75, 3.05) is 12.3 Å². The van der Waals surface area contributed by atoms with Gasteiger partial charge in [0.15, 0.2) is 23.9 Å². The highest BCUT2D eigenvalue weighted by atomic mass is 35.5. The first kappa shape index (κ1) is 31.8. The molecule has 240 valence electrons. The van der Waals surface area contributed by atoms with Crippen molar-refractivity contribution in [2.24, 2.45) is 0 Å². The van der Waals surface area contributed by atoms with E-state index in [0.717, 1.165) is 10.9 Å². The van der Waals surface area contributed by atoms with E-state index >= 15 is 4.39 Å². The summed E-state index contributed by atoms with van der Waals surface area (Å²) in [5, 5.41) is 14.6. The van der Waals surface area contributed by atoms with Gasteiger partial charge in [-0.3, -0.25) is 13.9 Å². The number of aromatic nitrogens is 4. The Balaban J connectivity index is 1.21. The minimum atomic E-state index is -4.42. The molecule has 1 saturated heterocycles. The molecule has 5 aromatic rings. The summed E-state index contributed by atoms with van der Waals surface area (Å²) in [4.78, 5) is 24.9. The second kappa shape index (κ2) is 13.3. The molecule has 4 N–H and O–H groups in total. The zero-order valence-electron chi connectivity index (χ0n) is 24.3. The number of carbonyl (C=O) groups excluding carboxylic acids is 1. The number of nitrogens with one attached hydrogen (secondary N) is 1. The number of carbonyl (C=O) groups is 1. The summed E-state index contributed by atoms with van der Waals surface area (Å²) >= 11 is 5.94. The van der Waals surface area contributed by atoms with Crippen molar-refractivity contribution >= 4 is 53.1 Å². The lowest BCUT2D eigenvalue weighted by Crippen LogP contribution is -2.37. The average molecular weight is 671 g/mol. The Morgan fingerprint density at radius 2 is 1.89 bits per heavy atom. The second-order valence-corrected chi connectivity index (χ2v) is 12.5. The number of hydrogen-bond donors (Lipinski definition) is 3. The smallest absolute Gasteiger partial charge is 0.459 e. The molecule has 0 radical (unpaired) electrons. The summed E-state index contributed by atoms with van der Waals surface area (Å²) in [5.74, 6) is -0.536. The number of imidazole rings is 1. The van der Waals surface area contributed by atoms with Gasteiger partial charge in [-0.2, -0.15) is 15.1 Å². The molecule has 0 saturated carbocycles. The van der Waals surface area contributed by atoms with E-state index in [0.29, 0.717) is 5.39 Å². The Labute approximate surface area is 267 Å². The molecule has 0 bridgehead atoms. The molecule has 3 unspecified atom stereocenters. The van der Waals surface area contributed by atoms with Crippen LogP contribution in [-0.4, -0.2) is 61.6 Å². The van der Waals surface area contributed by atoms with Gasteiger partial charge in [0.05, 0.1) is 12.9 Å². The standard InChI is InChI=1S/C30H29ClFN6O7P/c1-17(29(40)42-14-18-8-3-2-4-9-18)37-46(41,45-21-13-7-11-19-10-5-6-12-20(19)21)43-15-22-25(39)23(32)28(44-22)38-16-34-24-26(33)35-30(31)36-27(24)38/h2-13,16-17,22-23,25,28,39H,14-15H2,1H3,(H,37,41)(H2,33,35,36)/t17-,22+,23?,25?,28+,46?/m0/s1. The third-order valence-corrected chi connectivity index (χ3v) is 9.09. The predicted molar refractivity (Wildman–Crippen MR) is 167 cm³/mol. The highest BCUT2D eigenvalue weighted by molar-refractivity contribution is 7.52. The van der Waals surface area contributed by atoms with E-state index in [1.54, 1.807) is 36.4 Å². The third-order valence-electron chi connectivity index (χ3n) is 7.30. The number of aliphatic hydroxyl groups is 1. The van der Waals surface area contributed by atoms with E-state index < -0.39 is 51.0 Å². The molecule has 16 heteroatoms. The van der Waals surface area contributed by atoms with E-state index in [1.165, 1.54) is 17.8 Å². The van der Waals surface area contributed by atoms with Crippen LogP contribution < -0.4 is 15.3 Å². The van der Waals surface area contributed by atoms with Crippen LogP contribution in [0.5, 0.6) is 5.75 Å². The first-order valence-corrected chi connectivity index (χ1v) is 16.1. The maximum absolute atomic E-state index is 15.4. The Bertz CT molecular complexity index is 1910. The fourth-order valence-corrected chi connectivity index (χ4v) is 6.66. The highest BCUT2D eigenvalue weighted by Gasteiger charge is 2.47. The molecule has 1 fully saturated rings. The summed E-state index contributed by atoms with van der Waals surface area (Å²) in [6.07, 6.45) is -5.18. The molecule has 13 nitrogen and oxygen atoms in total. The number of esters is 1. The molecule has 46 heavy (non-hydrogen) atoms.